The van der Waals surface area contributed by atoms with E-state index >= 15 is 0 Å². The van der Waals surface area contributed by atoms with E-state index in [9.17, 15) is 26.3 Å². The molecule has 0 amide bonds. The second kappa shape index (κ2) is 5.43. The van der Waals surface area contributed by atoms with Gasteiger partial charge in [-0.15, -0.1) is 0 Å². The average molecular weight is 284 g/mol. The molecule has 0 aliphatic rings. The largest absolute Gasteiger partial charge is 0.416 e. The average Bonchev–Trinajstić information content (AvgIpc) is 2.26. The molecule has 1 unspecified atom stereocenters. The highest BCUT2D eigenvalue weighted by atomic mass is 19.4. The number of halogens is 6. The van der Waals surface area contributed by atoms with Crippen LogP contribution in [-0.4, -0.2) is 12.6 Å². The maximum Gasteiger partial charge on any atom is 0.416 e. The molecule has 108 valence electrons. The molecule has 0 aromatic heterocycles. The molecule has 0 spiro atoms. The Bertz CT molecular complexity index is 404. The summed E-state index contributed by atoms with van der Waals surface area (Å²) in [5.41, 5.74) is -1.77. The van der Waals surface area contributed by atoms with Crippen molar-refractivity contribution in [3.8, 4) is 0 Å². The molecule has 0 radical (unpaired) electrons. The van der Waals surface area contributed by atoms with Crippen molar-refractivity contribution >= 4 is 0 Å². The number of alkyl halides is 6. The molecular weight excluding hydrogens is 270 g/mol. The molecule has 0 aliphatic heterocycles. The van der Waals surface area contributed by atoms with Crippen molar-refractivity contribution in [3.05, 3.63) is 35.4 Å². The normalized spacial score (nSPS) is 14.8. The van der Waals surface area contributed by atoms with Crippen LogP contribution in [0.3, 0.4) is 0 Å². The van der Waals surface area contributed by atoms with Crippen LogP contribution in [0.1, 0.15) is 25.0 Å². The quantitative estimate of drug-likeness (QED) is 0.691. The van der Waals surface area contributed by atoms with Crippen LogP contribution in [0.15, 0.2) is 24.3 Å². The highest BCUT2D eigenvalue weighted by Crippen LogP contribution is 2.34. The minimum atomic E-state index is -4.44. The van der Waals surface area contributed by atoms with Gasteiger partial charge in [-0.2, -0.15) is 13.2 Å². The van der Waals surface area contributed by atoms with Gasteiger partial charge in [0, 0.05) is 5.41 Å². The lowest BCUT2D eigenvalue weighted by Crippen LogP contribution is -2.33. The van der Waals surface area contributed by atoms with Crippen LogP contribution in [0.5, 0.6) is 0 Å². The molecule has 19 heavy (non-hydrogen) atoms. The minimum Gasteiger partial charge on any atom is -0.241 e. The Hall–Kier alpha value is -1.20. The molecule has 0 fully saturated rings. The summed E-state index contributed by atoms with van der Waals surface area (Å²) < 4.78 is 75.0. The second-order valence-corrected chi connectivity index (χ2v) is 5.10. The first kappa shape index (κ1) is 15.9. The van der Waals surface area contributed by atoms with Crippen LogP contribution in [-0.2, 0) is 12.6 Å². The molecule has 1 aromatic carbocycles. The zero-order chi connectivity index (χ0) is 14.8. The molecule has 1 atom stereocenters. The molecule has 0 bridgehead atoms. The topological polar surface area (TPSA) is 0 Å². The summed E-state index contributed by atoms with van der Waals surface area (Å²) in [6, 6.07) is 4.09. The summed E-state index contributed by atoms with van der Waals surface area (Å²) in [4.78, 5) is 0. The third-order valence-electron chi connectivity index (χ3n) is 2.91. The van der Waals surface area contributed by atoms with Crippen molar-refractivity contribution in [2.24, 2.45) is 5.41 Å². The van der Waals surface area contributed by atoms with Crippen LogP contribution in [0.2, 0.25) is 0 Å². The SMILES string of the molecule is CC(C)(Cc1ccc(C(F)(F)F)cc1)C(F)C(F)F. The smallest absolute Gasteiger partial charge is 0.241 e. The van der Waals surface area contributed by atoms with E-state index in [2.05, 4.69) is 0 Å². The van der Waals surface area contributed by atoms with E-state index in [0.717, 1.165) is 12.1 Å². The highest BCUT2D eigenvalue weighted by Gasteiger charge is 2.37. The van der Waals surface area contributed by atoms with Crippen molar-refractivity contribution in [1.82, 2.24) is 0 Å². The molecule has 0 heterocycles. The zero-order valence-corrected chi connectivity index (χ0v) is 10.4. The van der Waals surface area contributed by atoms with Crippen molar-refractivity contribution in [2.75, 3.05) is 0 Å². The van der Waals surface area contributed by atoms with Crippen molar-refractivity contribution in [3.63, 3.8) is 0 Å². The first-order valence-corrected chi connectivity index (χ1v) is 5.62. The van der Waals surface area contributed by atoms with E-state index < -0.39 is 29.8 Å². The fourth-order valence-electron chi connectivity index (χ4n) is 1.78. The summed E-state index contributed by atoms with van der Waals surface area (Å²) in [7, 11) is 0. The van der Waals surface area contributed by atoms with Gasteiger partial charge < -0.3 is 0 Å². The predicted molar refractivity (Wildman–Crippen MR) is 59.8 cm³/mol. The first-order chi connectivity index (χ1) is 8.54. The molecule has 0 aliphatic carbocycles. The maximum atomic E-state index is 13.3. The van der Waals surface area contributed by atoms with E-state index in [1.54, 1.807) is 0 Å². The molecule has 0 saturated heterocycles. The lowest BCUT2D eigenvalue weighted by atomic mass is 9.81. The molecule has 1 aromatic rings. The summed E-state index contributed by atoms with van der Waals surface area (Å²) in [5, 5.41) is 0. The van der Waals surface area contributed by atoms with Crippen molar-refractivity contribution in [1.29, 1.82) is 0 Å². The Morgan fingerprint density at radius 2 is 1.42 bits per heavy atom. The minimum absolute atomic E-state index is 0.0589. The van der Waals surface area contributed by atoms with Gasteiger partial charge in [0.1, 0.15) is 0 Å². The van der Waals surface area contributed by atoms with Crippen LogP contribution in [0.25, 0.3) is 0 Å². The van der Waals surface area contributed by atoms with Gasteiger partial charge in [0.2, 0.25) is 0 Å². The van der Waals surface area contributed by atoms with E-state index in [1.807, 2.05) is 0 Å². The van der Waals surface area contributed by atoms with Gasteiger partial charge in [-0.3, -0.25) is 0 Å². The Morgan fingerprint density at radius 1 is 0.947 bits per heavy atom. The van der Waals surface area contributed by atoms with Crippen LogP contribution >= 0.6 is 0 Å². The fraction of sp³-hybridized carbons (Fsp3) is 0.538. The third-order valence-corrected chi connectivity index (χ3v) is 2.91. The zero-order valence-electron chi connectivity index (χ0n) is 10.4. The van der Waals surface area contributed by atoms with Gasteiger partial charge in [0.25, 0.3) is 6.43 Å². The monoisotopic (exact) mass is 284 g/mol. The molecule has 0 saturated carbocycles. The summed E-state index contributed by atoms with van der Waals surface area (Å²) in [6.07, 6.45) is -9.93. The van der Waals surface area contributed by atoms with E-state index in [0.29, 0.717) is 5.56 Å². The number of benzene rings is 1. The number of hydrogen-bond donors (Lipinski definition) is 0. The van der Waals surface area contributed by atoms with E-state index in [1.165, 1.54) is 26.0 Å². The first-order valence-electron chi connectivity index (χ1n) is 5.62. The Labute approximate surface area is 107 Å². The maximum absolute atomic E-state index is 13.3. The molecule has 6 heteroatoms. The van der Waals surface area contributed by atoms with Crippen molar-refractivity contribution < 1.29 is 26.3 Å². The van der Waals surface area contributed by atoms with Gasteiger partial charge in [-0.25, -0.2) is 13.2 Å². The summed E-state index contributed by atoms with van der Waals surface area (Å²) >= 11 is 0. The van der Waals surface area contributed by atoms with Gasteiger partial charge >= 0.3 is 6.18 Å². The Balaban J connectivity index is 2.83. The molecule has 0 N–H and O–H groups in total. The summed E-state index contributed by atoms with van der Waals surface area (Å²) in [6.45, 7) is 2.64. The number of hydrogen-bond acceptors (Lipinski definition) is 0. The highest BCUT2D eigenvalue weighted by molar-refractivity contribution is 5.25. The standard InChI is InChI=1S/C13H14F6/c1-12(2,10(14)11(15)16)7-8-3-5-9(6-4-8)13(17,18)19/h3-6,10-11H,7H2,1-2H3. The fourth-order valence-corrected chi connectivity index (χ4v) is 1.78. The summed E-state index contributed by atoms with van der Waals surface area (Å²) in [5.74, 6) is 0. The van der Waals surface area contributed by atoms with E-state index in [-0.39, 0.29) is 6.42 Å². The molecule has 0 nitrogen and oxygen atoms in total. The van der Waals surface area contributed by atoms with Crippen LogP contribution in [0, 0.1) is 5.41 Å². The third kappa shape index (κ3) is 4.14. The lowest BCUT2D eigenvalue weighted by molar-refractivity contribution is -0.137. The lowest BCUT2D eigenvalue weighted by Gasteiger charge is -2.28. The van der Waals surface area contributed by atoms with Gasteiger partial charge in [0.05, 0.1) is 5.56 Å². The van der Waals surface area contributed by atoms with Gasteiger partial charge in [-0.05, 0) is 24.1 Å². The number of rotatable bonds is 4. The Kier molecular flexibility index (Phi) is 4.53. The molecule has 1 rings (SSSR count). The Morgan fingerprint density at radius 3 is 1.79 bits per heavy atom. The van der Waals surface area contributed by atoms with Gasteiger partial charge in [0.15, 0.2) is 6.17 Å². The van der Waals surface area contributed by atoms with Gasteiger partial charge in [-0.1, -0.05) is 26.0 Å². The predicted octanol–water partition coefficient (Wildman–Crippen LogP) is 4.88. The second-order valence-electron chi connectivity index (χ2n) is 5.10. The van der Waals surface area contributed by atoms with E-state index in [4.69, 9.17) is 0 Å². The van der Waals surface area contributed by atoms with Crippen LogP contribution < -0.4 is 0 Å². The van der Waals surface area contributed by atoms with Crippen molar-refractivity contribution in [2.45, 2.75) is 39.0 Å². The van der Waals surface area contributed by atoms with Crippen LogP contribution in [0.4, 0.5) is 26.3 Å². The molecular formula is C13H14F6.